The summed E-state index contributed by atoms with van der Waals surface area (Å²) in [6.07, 6.45) is 3.51. The van der Waals surface area contributed by atoms with Gasteiger partial charge in [-0.1, -0.05) is 56.2 Å². The average Bonchev–Trinajstić information content (AvgIpc) is 2.42. The smallest absolute Gasteiger partial charge is 0.0420 e. The Kier molecular flexibility index (Phi) is 4.59. The molecule has 2 aromatic carbocycles. The van der Waals surface area contributed by atoms with Gasteiger partial charge in [-0.05, 0) is 17.9 Å². The maximum Gasteiger partial charge on any atom is 0.0420 e. The van der Waals surface area contributed by atoms with Gasteiger partial charge in [0.15, 0.2) is 0 Å². The van der Waals surface area contributed by atoms with Crippen LogP contribution in [0.3, 0.4) is 0 Å². The minimum absolute atomic E-state index is 0.240. The topological polar surface area (TPSA) is 38.0 Å². The fraction of sp³-hybridized carbons (Fsp3) is 0.375. The molecule has 0 aliphatic carbocycles. The third-order valence-corrected chi connectivity index (χ3v) is 3.27. The van der Waals surface area contributed by atoms with Crippen molar-refractivity contribution in [1.82, 2.24) is 0 Å². The first-order chi connectivity index (χ1) is 8.81. The van der Waals surface area contributed by atoms with Gasteiger partial charge in [0.25, 0.3) is 0 Å². The van der Waals surface area contributed by atoms with Crippen molar-refractivity contribution in [2.45, 2.75) is 32.2 Å². The molecule has 1 atom stereocenters. The summed E-state index contributed by atoms with van der Waals surface area (Å²) in [4.78, 5) is 0. The van der Waals surface area contributed by atoms with Gasteiger partial charge in [-0.3, -0.25) is 0 Å². The highest BCUT2D eigenvalue weighted by Crippen LogP contribution is 2.22. The van der Waals surface area contributed by atoms with Crippen molar-refractivity contribution < 1.29 is 0 Å². The van der Waals surface area contributed by atoms with E-state index in [0.717, 1.165) is 13.0 Å². The van der Waals surface area contributed by atoms with Crippen LogP contribution in [-0.2, 0) is 0 Å². The lowest BCUT2D eigenvalue weighted by atomic mass is 10.1. The van der Waals surface area contributed by atoms with Crippen LogP contribution in [-0.4, -0.2) is 12.6 Å². The first-order valence-corrected chi connectivity index (χ1v) is 6.78. The molecule has 0 spiro atoms. The maximum atomic E-state index is 6.09. The lowest BCUT2D eigenvalue weighted by Gasteiger charge is -2.14. The van der Waals surface area contributed by atoms with Crippen molar-refractivity contribution >= 4 is 16.5 Å². The summed E-state index contributed by atoms with van der Waals surface area (Å²) in [5.74, 6) is 0. The molecule has 2 aromatic rings. The molecule has 2 heteroatoms. The zero-order valence-electron chi connectivity index (χ0n) is 11.0. The quantitative estimate of drug-likeness (QED) is 0.809. The molecular weight excluding hydrogens is 220 g/mol. The molecule has 0 saturated heterocycles. The number of nitrogens with one attached hydrogen (secondary N) is 1. The van der Waals surface area contributed by atoms with E-state index in [9.17, 15) is 0 Å². The van der Waals surface area contributed by atoms with Crippen LogP contribution >= 0.6 is 0 Å². The molecule has 0 aliphatic heterocycles. The van der Waals surface area contributed by atoms with Crippen molar-refractivity contribution in [2.24, 2.45) is 5.73 Å². The summed E-state index contributed by atoms with van der Waals surface area (Å²) < 4.78 is 0. The number of unbranched alkanes of at least 4 members (excludes halogenated alkanes) is 1. The second-order valence-electron chi connectivity index (χ2n) is 4.81. The first-order valence-electron chi connectivity index (χ1n) is 6.78. The van der Waals surface area contributed by atoms with Crippen molar-refractivity contribution in [1.29, 1.82) is 0 Å². The predicted octanol–water partition coefficient (Wildman–Crippen LogP) is 3.77. The SMILES string of the molecule is CCCCC(N)CNc1cccc2ccccc12. The summed E-state index contributed by atoms with van der Waals surface area (Å²) >= 11 is 0. The summed E-state index contributed by atoms with van der Waals surface area (Å²) in [6.45, 7) is 3.04. The van der Waals surface area contributed by atoms with Gasteiger partial charge >= 0.3 is 0 Å². The molecule has 0 bridgehead atoms. The van der Waals surface area contributed by atoms with E-state index in [1.54, 1.807) is 0 Å². The van der Waals surface area contributed by atoms with Crippen molar-refractivity contribution in [2.75, 3.05) is 11.9 Å². The number of hydrogen-bond donors (Lipinski definition) is 2. The molecule has 0 fully saturated rings. The van der Waals surface area contributed by atoms with Gasteiger partial charge in [0.2, 0.25) is 0 Å². The number of benzene rings is 2. The lowest BCUT2D eigenvalue weighted by Crippen LogP contribution is -2.28. The first kappa shape index (κ1) is 12.9. The van der Waals surface area contributed by atoms with Crippen LogP contribution in [0.15, 0.2) is 42.5 Å². The monoisotopic (exact) mass is 242 g/mol. The average molecular weight is 242 g/mol. The van der Waals surface area contributed by atoms with Crippen LogP contribution in [0.1, 0.15) is 26.2 Å². The fourth-order valence-electron chi connectivity index (χ4n) is 2.19. The van der Waals surface area contributed by atoms with Gasteiger partial charge < -0.3 is 11.1 Å². The van der Waals surface area contributed by atoms with Gasteiger partial charge in [-0.2, -0.15) is 0 Å². The molecule has 0 aromatic heterocycles. The van der Waals surface area contributed by atoms with E-state index >= 15 is 0 Å². The minimum atomic E-state index is 0.240. The van der Waals surface area contributed by atoms with Crippen LogP contribution in [0.25, 0.3) is 10.8 Å². The Morgan fingerprint density at radius 1 is 1.11 bits per heavy atom. The third kappa shape index (κ3) is 3.23. The fourth-order valence-corrected chi connectivity index (χ4v) is 2.19. The van der Waals surface area contributed by atoms with Crippen molar-refractivity contribution in [3.8, 4) is 0 Å². The molecule has 0 radical (unpaired) electrons. The van der Waals surface area contributed by atoms with Gasteiger partial charge in [-0.15, -0.1) is 0 Å². The molecular formula is C16H22N2. The van der Waals surface area contributed by atoms with Crippen LogP contribution < -0.4 is 11.1 Å². The highest BCUT2D eigenvalue weighted by Gasteiger charge is 2.03. The van der Waals surface area contributed by atoms with Gasteiger partial charge in [0, 0.05) is 23.7 Å². The molecule has 3 N–H and O–H groups in total. The van der Waals surface area contributed by atoms with Crippen LogP contribution in [0, 0.1) is 0 Å². The van der Waals surface area contributed by atoms with E-state index in [0.29, 0.717) is 0 Å². The molecule has 96 valence electrons. The number of rotatable bonds is 6. The van der Waals surface area contributed by atoms with E-state index in [4.69, 9.17) is 5.73 Å². The second kappa shape index (κ2) is 6.41. The Balaban J connectivity index is 2.03. The number of hydrogen-bond acceptors (Lipinski definition) is 2. The van der Waals surface area contributed by atoms with Crippen LogP contribution in [0.5, 0.6) is 0 Å². The van der Waals surface area contributed by atoms with E-state index in [-0.39, 0.29) is 6.04 Å². The van der Waals surface area contributed by atoms with Crippen molar-refractivity contribution in [3.63, 3.8) is 0 Å². The Hall–Kier alpha value is -1.54. The molecule has 0 heterocycles. The molecule has 2 rings (SSSR count). The maximum absolute atomic E-state index is 6.09. The van der Waals surface area contributed by atoms with Crippen molar-refractivity contribution in [3.05, 3.63) is 42.5 Å². The third-order valence-electron chi connectivity index (χ3n) is 3.27. The second-order valence-corrected chi connectivity index (χ2v) is 4.81. The Bertz CT molecular complexity index is 488. The highest BCUT2D eigenvalue weighted by atomic mass is 14.9. The number of anilines is 1. The van der Waals surface area contributed by atoms with Crippen LogP contribution in [0.2, 0.25) is 0 Å². The largest absolute Gasteiger partial charge is 0.383 e. The normalized spacial score (nSPS) is 12.6. The van der Waals surface area contributed by atoms with Gasteiger partial charge in [0.05, 0.1) is 0 Å². The number of nitrogens with two attached hydrogens (primary N) is 1. The predicted molar refractivity (Wildman–Crippen MR) is 79.9 cm³/mol. The van der Waals surface area contributed by atoms with Gasteiger partial charge in [0.1, 0.15) is 0 Å². The molecule has 0 aliphatic rings. The highest BCUT2D eigenvalue weighted by molar-refractivity contribution is 5.93. The Labute approximate surface area is 109 Å². The Morgan fingerprint density at radius 3 is 2.72 bits per heavy atom. The number of fused-ring (bicyclic) bond motifs is 1. The zero-order chi connectivity index (χ0) is 12.8. The summed E-state index contributed by atoms with van der Waals surface area (Å²) in [5, 5.41) is 6.01. The molecule has 18 heavy (non-hydrogen) atoms. The molecule has 0 saturated carbocycles. The summed E-state index contributed by atoms with van der Waals surface area (Å²) in [7, 11) is 0. The summed E-state index contributed by atoms with van der Waals surface area (Å²) in [5.41, 5.74) is 7.27. The molecule has 1 unspecified atom stereocenters. The van der Waals surface area contributed by atoms with E-state index in [1.165, 1.54) is 29.3 Å². The zero-order valence-corrected chi connectivity index (χ0v) is 11.0. The van der Waals surface area contributed by atoms with E-state index in [2.05, 4.69) is 54.7 Å². The molecule has 2 nitrogen and oxygen atoms in total. The standard InChI is InChI=1S/C16H22N2/c1-2-3-9-14(17)12-18-16-11-6-8-13-7-4-5-10-15(13)16/h4-8,10-11,14,18H,2-3,9,12,17H2,1H3. The van der Waals surface area contributed by atoms with E-state index < -0.39 is 0 Å². The molecule has 0 amide bonds. The summed E-state index contributed by atoms with van der Waals surface area (Å²) in [6, 6.07) is 15.0. The Morgan fingerprint density at radius 2 is 1.89 bits per heavy atom. The van der Waals surface area contributed by atoms with E-state index in [1.807, 2.05) is 0 Å². The van der Waals surface area contributed by atoms with Gasteiger partial charge in [-0.25, -0.2) is 0 Å². The lowest BCUT2D eigenvalue weighted by molar-refractivity contribution is 0.596. The van der Waals surface area contributed by atoms with Crippen LogP contribution in [0.4, 0.5) is 5.69 Å². The minimum Gasteiger partial charge on any atom is -0.383 e.